The molecule has 4 heteroatoms. The van der Waals surface area contributed by atoms with Crippen LogP contribution in [0, 0.1) is 6.92 Å². The van der Waals surface area contributed by atoms with Gasteiger partial charge in [0.1, 0.15) is 11.5 Å². The molecule has 1 aromatic carbocycles. The number of aromatic hydroxyl groups is 1. The molecule has 0 unspecified atom stereocenters. The fourth-order valence-electron chi connectivity index (χ4n) is 1.24. The lowest BCUT2D eigenvalue weighted by Gasteiger charge is -2.12. The molecule has 0 spiro atoms. The second kappa shape index (κ2) is 4.21. The number of carboxylic acid groups (broad SMARTS) is 1. The topological polar surface area (TPSA) is 66.8 Å². The molecule has 0 saturated heterocycles. The Morgan fingerprint density at radius 1 is 1.40 bits per heavy atom. The van der Waals surface area contributed by atoms with E-state index in [1.54, 1.807) is 6.92 Å². The summed E-state index contributed by atoms with van der Waals surface area (Å²) in [6.07, 6.45) is -0.0613. The minimum atomic E-state index is -1.07. The summed E-state index contributed by atoms with van der Waals surface area (Å²) in [5.74, 6) is -0.770. The first-order valence-electron chi connectivity index (χ1n) is 4.65. The van der Waals surface area contributed by atoms with Crippen LogP contribution >= 0.6 is 0 Å². The molecule has 82 valence electrons. The Balaban J connectivity index is 3.17. The second-order valence-corrected chi connectivity index (χ2v) is 3.59. The van der Waals surface area contributed by atoms with Gasteiger partial charge in [-0.2, -0.15) is 0 Å². The molecule has 0 bridgehead atoms. The molecular weight excluding hydrogens is 196 g/mol. The van der Waals surface area contributed by atoms with Crippen LogP contribution in [-0.4, -0.2) is 22.3 Å². The number of carboxylic acids is 1. The van der Waals surface area contributed by atoms with E-state index >= 15 is 0 Å². The molecular formula is C11H14O4. The van der Waals surface area contributed by atoms with Crippen LogP contribution in [0.3, 0.4) is 0 Å². The number of carbonyl (C=O) groups is 1. The lowest BCUT2D eigenvalue weighted by Crippen LogP contribution is -2.07. The van der Waals surface area contributed by atoms with Gasteiger partial charge in [-0.25, -0.2) is 4.79 Å². The number of hydrogen-bond donors (Lipinski definition) is 2. The van der Waals surface area contributed by atoms with Gasteiger partial charge in [0.2, 0.25) is 0 Å². The molecule has 0 aliphatic carbocycles. The average molecular weight is 210 g/mol. The van der Waals surface area contributed by atoms with Crippen molar-refractivity contribution in [1.82, 2.24) is 0 Å². The van der Waals surface area contributed by atoms with E-state index in [-0.39, 0.29) is 17.4 Å². The van der Waals surface area contributed by atoms with Gasteiger partial charge in [0.25, 0.3) is 0 Å². The van der Waals surface area contributed by atoms with Gasteiger partial charge in [0, 0.05) is 11.6 Å². The molecule has 0 atom stereocenters. The number of benzene rings is 1. The van der Waals surface area contributed by atoms with E-state index in [0.29, 0.717) is 11.3 Å². The van der Waals surface area contributed by atoms with Crippen molar-refractivity contribution in [2.45, 2.75) is 26.9 Å². The summed E-state index contributed by atoms with van der Waals surface area (Å²) >= 11 is 0. The SMILES string of the molecule is Cc1c(O)cc(OC(C)C)cc1C(=O)O. The van der Waals surface area contributed by atoms with Gasteiger partial charge in [-0.05, 0) is 26.8 Å². The van der Waals surface area contributed by atoms with Crippen molar-refractivity contribution in [3.05, 3.63) is 23.3 Å². The first-order chi connectivity index (χ1) is 6.91. The summed E-state index contributed by atoms with van der Waals surface area (Å²) in [6, 6.07) is 2.83. The third-order valence-corrected chi connectivity index (χ3v) is 1.96. The molecule has 0 radical (unpaired) electrons. The fraction of sp³-hybridized carbons (Fsp3) is 0.364. The molecule has 15 heavy (non-hydrogen) atoms. The molecule has 0 fully saturated rings. The van der Waals surface area contributed by atoms with Crippen LogP contribution in [0.4, 0.5) is 0 Å². The zero-order chi connectivity index (χ0) is 11.6. The zero-order valence-corrected chi connectivity index (χ0v) is 8.94. The van der Waals surface area contributed by atoms with Crippen molar-refractivity contribution in [1.29, 1.82) is 0 Å². The predicted molar refractivity (Wildman–Crippen MR) is 55.6 cm³/mol. The van der Waals surface area contributed by atoms with Crippen LogP contribution in [0.15, 0.2) is 12.1 Å². The minimum absolute atomic E-state index is 0.0608. The maximum Gasteiger partial charge on any atom is 0.336 e. The van der Waals surface area contributed by atoms with Gasteiger partial charge in [0.15, 0.2) is 0 Å². The number of rotatable bonds is 3. The monoisotopic (exact) mass is 210 g/mol. The molecule has 0 aliphatic rings. The average Bonchev–Trinajstić information content (AvgIpc) is 2.09. The Morgan fingerprint density at radius 3 is 2.47 bits per heavy atom. The van der Waals surface area contributed by atoms with Crippen LogP contribution < -0.4 is 4.74 Å². The largest absolute Gasteiger partial charge is 0.508 e. The highest BCUT2D eigenvalue weighted by Gasteiger charge is 2.13. The van der Waals surface area contributed by atoms with Crippen LogP contribution in [0.2, 0.25) is 0 Å². The molecule has 0 aliphatic heterocycles. The maximum atomic E-state index is 10.8. The van der Waals surface area contributed by atoms with Crippen molar-refractivity contribution in [2.75, 3.05) is 0 Å². The van der Waals surface area contributed by atoms with E-state index in [4.69, 9.17) is 9.84 Å². The number of hydrogen-bond acceptors (Lipinski definition) is 3. The second-order valence-electron chi connectivity index (χ2n) is 3.59. The van der Waals surface area contributed by atoms with Crippen LogP contribution in [0.5, 0.6) is 11.5 Å². The summed E-state index contributed by atoms with van der Waals surface area (Å²) in [5, 5.41) is 18.4. The smallest absolute Gasteiger partial charge is 0.336 e. The maximum absolute atomic E-state index is 10.8. The van der Waals surface area contributed by atoms with Crippen molar-refractivity contribution in [3.8, 4) is 11.5 Å². The van der Waals surface area contributed by atoms with Crippen molar-refractivity contribution in [2.24, 2.45) is 0 Å². The standard InChI is InChI=1S/C11H14O4/c1-6(2)15-8-4-9(11(13)14)7(3)10(12)5-8/h4-6,12H,1-3H3,(H,13,14). The molecule has 4 nitrogen and oxygen atoms in total. The quantitative estimate of drug-likeness (QED) is 0.802. The van der Waals surface area contributed by atoms with Gasteiger partial charge in [0.05, 0.1) is 11.7 Å². The molecule has 0 amide bonds. The first-order valence-corrected chi connectivity index (χ1v) is 4.65. The van der Waals surface area contributed by atoms with Gasteiger partial charge in [-0.15, -0.1) is 0 Å². The molecule has 1 aromatic rings. The Labute approximate surface area is 88.1 Å². The van der Waals surface area contributed by atoms with Crippen LogP contribution in [0.1, 0.15) is 29.8 Å². The Bertz CT molecular complexity index is 382. The van der Waals surface area contributed by atoms with Gasteiger partial charge >= 0.3 is 5.97 Å². The van der Waals surface area contributed by atoms with Gasteiger partial charge in [-0.3, -0.25) is 0 Å². The predicted octanol–water partition coefficient (Wildman–Crippen LogP) is 2.19. The fourth-order valence-corrected chi connectivity index (χ4v) is 1.24. The number of phenolic OH excluding ortho intramolecular Hbond substituents is 1. The summed E-state index contributed by atoms with van der Waals surface area (Å²) in [4.78, 5) is 10.8. The van der Waals surface area contributed by atoms with Crippen LogP contribution in [0.25, 0.3) is 0 Å². The normalized spacial score (nSPS) is 10.4. The summed E-state index contributed by atoms with van der Waals surface area (Å²) in [7, 11) is 0. The van der Waals surface area contributed by atoms with E-state index in [9.17, 15) is 9.90 Å². The minimum Gasteiger partial charge on any atom is -0.508 e. The van der Waals surface area contributed by atoms with E-state index in [1.165, 1.54) is 12.1 Å². The summed E-state index contributed by atoms with van der Waals surface area (Å²) in [6.45, 7) is 5.21. The van der Waals surface area contributed by atoms with E-state index in [2.05, 4.69) is 0 Å². The highest BCUT2D eigenvalue weighted by molar-refractivity contribution is 5.90. The van der Waals surface area contributed by atoms with Gasteiger partial charge < -0.3 is 14.9 Å². The van der Waals surface area contributed by atoms with Crippen molar-refractivity contribution in [3.63, 3.8) is 0 Å². The van der Waals surface area contributed by atoms with E-state index < -0.39 is 5.97 Å². The number of aromatic carboxylic acids is 1. The Hall–Kier alpha value is -1.71. The van der Waals surface area contributed by atoms with Crippen molar-refractivity contribution < 1.29 is 19.7 Å². The Morgan fingerprint density at radius 2 is 2.00 bits per heavy atom. The molecule has 0 aromatic heterocycles. The lowest BCUT2D eigenvalue weighted by molar-refractivity contribution is 0.0694. The summed E-state index contributed by atoms with van der Waals surface area (Å²) < 4.78 is 5.32. The zero-order valence-electron chi connectivity index (χ0n) is 8.94. The first kappa shape index (κ1) is 11.4. The molecule has 0 heterocycles. The number of phenols is 1. The Kier molecular flexibility index (Phi) is 3.19. The molecule has 2 N–H and O–H groups in total. The number of ether oxygens (including phenoxy) is 1. The third-order valence-electron chi connectivity index (χ3n) is 1.96. The molecule has 1 rings (SSSR count). The lowest BCUT2D eigenvalue weighted by atomic mass is 10.1. The van der Waals surface area contributed by atoms with Gasteiger partial charge in [-0.1, -0.05) is 0 Å². The third kappa shape index (κ3) is 2.62. The summed E-state index contributed by atoms with van der Waals surface area (Å²) in [5.41, 5.74) is 0.407. The highest BCUT2D eigenvalue weighted by atomic mass is 16.5. The van der Waals surface area contributed by atoms with Crippen LogP contribution in [-0.2, 0) is 0 Å². The molecule has 0 saturated carbocycles. The van der Waals surface area contributed by atoms with E-state index in [1.807, 2.05) is 13.8 Å². The van der Waals surface area contributed by atoms with Crippen molar-refractivity contribution >= 4 is 5.97 Å². The van der Waals surface area contributed by atoms with E-state index in [0.717, 1.165) is 0 Å². The highest BCUT2D eigenvalue weighted by Crippen LogP contribution is 2.27.